The van der Waals surface area contributed by atoms with E-state index in [2.05, 4.69) is 38.1 Å². The van der Waals surface area contributed by atoms with Gasteiger partial charge in [0.25, 0.3) is 0 Å². The molecular formula is C36H62O2. The SMILES string of the molecule is CCCCCCC1CCC(CCCOc2ccc(OCCCC3CCC(CCCCCC)CC3)cc2)CC1. The average Bonchev–Trinajstić information content (AvgIpc) is 2.96. The molecule has 0 unspecified atom stereocenters. The summed E-state index contributed by atoms with van der Waals surface area (Å²) in [5.41, 5.74) is 0. The van der Waals surface area contributed by atoms with Gasteiger partial charge < -0.3 is 9.47 Å². The molecule has 0 aliphatic heterocycles. The van der Waals surface area contributed by atoms with E-state index >= 15 is 0 Å². The minimum absolute atomic E-state index is 0.845. The third-order valence-corrected chi connectivity index (χ3v) is 9.74. The zero-order valence-electron chi connectivity index (χ0n) is 25.4. The number of ether oxygens (including phenoxy) is 2. The summed E-state index contributed by atoms with van der Waals surface area (Å²) in [7, 11) is 0. The third-order valence-electron chi connectivity index (χ3n) is 9.74. The zero-order valence-corrected chi connectivity index (χ0v) is 25.4. The predicted molar refractivity (Wildman–Crippen MR) is 164 cm³/mol. The lowest BCUT2D eigenvalue weighted by atomic mass is 9.78. The number of rotatable bonds is 20. The normalized spacial score (nSPS) is 23.8. The van der Waals surface area contributed by atoms with Crippen LogP contribution in [-0.2, 0) is 0 Å². The van der Waals surface area contributed by atoms with Crippen LogP contribution in [0.15, 0.2) is 24.3 Å². The molecule has 218 valence electrons. The van der Waals surface area contributed by atoms with Gasteiger partial charge in [-0.05, 0) is 73.6 Å². The van der Waals surface area contributed by atoms with Crippen molar-refractivity contribution in [2.75, 3.05) is 13.2 Å². The molecule has 2 aliphatic rings. The highest BCUT2D eigenvalue weighted by molar-refractivity contribution is 5.31. The lowest BCUT2D eigenvalue weighted by molar-refractivity contribution is 0.226. The highest BCUT2D eigenvalue weighted by Crippen LogP contribution is 2.35. The largest absolute Gasteiger partial charge is 0.494 e. The summed E-state index contributed by atoms with van der Waals surface area (Å²) in [6, 6.07) is 8.34. The van der Waals surface area contributed by atoms with Gasteiger partial charge in [-0.3, -0.25) is 0 Å². The van der Waals surface area contributed by atoms with Crippen molar-refractivity contribution in [2.45, 2.75) is 155 Å². The molecule has 2 fully saturated rings. The van der Waals surface area contributed by atoms with Crippen LogP contribution in [0.1, 0.15) is 155 Å². The maximum absolute atomic E-state index is 6.04. The Labute approximate surface area is 237 Å². The number of hydrogen-bond acceptors (Lipinski definition) is 2. The van der Waals surface area contributed by atoms with Gasteiger partial charge in [0, 0.05) is 0 Å². The van der Waals surface area contributed by atoms with Gasteiger partial charge in [-0.25, -0.2) is 0 Å². The van der Waals surface area contributed by atoms with Crippen molar-refractivity contribution in [2.24, 2.45) is 23.7 Å². The average molecular weight is 527 g/mol. The first kappa shape index (κ1) is 31.3. The van der Waals surface area contributed by atoms with Crippen LogP contribution in [0.3, 0.4) is 0 Å². The first-order valence-electron chi connectivity index (χ1n) is 17.1. The molecule has 0 radical (unpaired) electrons. The van der Waals surface area contributed by atoms with Gasteiger partial charge in [0.05, 0.1) is 13.2 Å². The van der Waals surface area contributed by atoms with E-state index < -0.39 is 0 Å². The minimum atomic E-state index is 0.845. The zero-order chi connectivity index (χ0) is 26.7. The van der Waals surface area contributed by atoms with Gasteiger partial charge >= 0.3 is 0 Å². The molecule has 0 heterocycles. The molecule has 2 aliphatic carbocycles. The van der Waals surface area contributed by atoms with Gasteiger partial charge in [0.2, 0.25) is 0 Å². The summed E-state index contributed by atoms with van der Waals surface area (Å²) in [4.78, 5) is 0. The van der Waals surface area contributed by atoms with Crippen LogP contribution in [-0.4, -0.2) is 13.2 Å². The fourth-order valence-corrected chi connectivity index (χ4v) is 7.09. The molecule has 0 N–H and O–H groups in total. The van der Waals surface area contributed by atoms with E-state index in [0.717, 1.165) is 48.4 Å². The second-order valence-electron chi connectivity index (χ2n) is 12.9. The first-order valence-corrected chi connectivity index (χ1v) is 17.1. The van der Waals surface area contributed by atoms with Crippen LogP contribution in [0.2, 0.25) is 0 Å². The Morgan fingerprint density at radius 2 is 0.763 bits per heavy atom. The second-order valence-corrected chi connectivity index (χ2v) is 12.9. The Morgan fingerprint density at radius 1 is 0.447 bits per heavy atom. The highest BCUT2D eigenvalue weighted by atomic mass is 16.5. The van der Waals surface area contributed by atoms with Gasteiger partial charge in [0.1, 0.15) is 11.5 Å². The summed E-state index contributed by atoms with van der Waals surface area (Å²) in [5.74, 6) is 5.88. The van der Waals surface area contributed by atoms with Crippen LogP contribution in [0.25, 0.3) is 0 Å². The molecule has 2 nitrogen and oxygen atoms in total. The summed E-state index contributed by atoms with van der Waals surface area (Å²) < 4.78 is 12.1. The molecule has 38 heavy (non-hydrogen) atoms. The number of hydrogen-bond donors (Lipinski definition) is 0. The van der Waals surface area contributed by atoms with Crippen LogP contribution < -0.4 is 9.47 Å². The molecule has 0 spiro atoms. The Hall–Kier alpha value is -1.18. The lowest BCUT2D eigenvalue weighted by Crippen LogP contribution is -2.15. The van der Waals surface area contributed by atoms with Crippen LogP contribution >= 0.6 is 0 Å². The summed E-state index contributed by atoms with van der Waals surface area (Å²) in [6.07, 6.45) is 31.1. The Kier molecular flexibility index (Phi) is 16.3. The van der Waals surface area contributed by atoms with E-state index in [0.29, 0.717) is 0 Å². The smallest absolute Gasteiger partial charge is 0.119 e. The van der Waals surface area contributed by atoms with Gasteiger partial charge in [-0.15, -0.1) is 0 Å². The van der Waals surface area contributed by atoms with E-state index in [1.807, 2.05) is 0 Å². The van der Waals surface area contributed by atoms with E-state index in [1.165, 1.54) is 141 Å². The fraction of sp³-hybridized carbons (Fsp3) is 0.833. The third kappa shape index (κ3) is 13.3. The standard InChI is InChI=1S/C36H62O2/c1-3-5-7-9-13-31-17-21-33(22-18-31)15-11-29-37-35-25-27-36(28-26-35)38-30-12-16-34-23-19-32(20-24-34)14-10-8-6-4-2/h25-28,31-34H,3-24,29-30H2,1-2H3. The molecule has 1 aromatic rings. The van der Waals surface area contributed by atoms with Crippen LogP contribution in [0.4, 0.5) is 0 Å². The monoisotopic (exact) mass is 526 g/mol. The maximum atomic E-state index is 6.04. The molecule has 3 rings (SSSR count). The second kappa shape index (κ2) is 19.8. The van der Waals surface area contributed by atoms with Crippen molar-refractivity contribution in [3.63, 3.8) is 0 Å². The molecular weight excluding hydrogens is 464 g/mol. The van der Waals surface area contributed by atoms with Crippen LogP contribution in [0, 0.1) is 23.7 Å². The molecule has 2 saturated carbocycles. The highest BCUT2D eigenvalue weighted by Gasteiger charge is 2.21. The van der Waals surface area contributed by atoms with Crippen molar-refractivity contribution in [1.82, 2.24) is 0 Å². The summed E-state index contributed by atoms with van der Waals surface area (Å²) >= 11 is 0. The van der Waals surface area contributed by atoms with Crippen molar-refractivity contribution < 1.29 is 9.47 Å². The molecule has 0 atom stereocenters. The molecule has 0 bridgehead atoms. The van der Waals surface area contributed by atoms with Gasteiger partial charge in [-0.1, -0.05) is 129 Å². The van der Waals surface area contributed by atoms with E-state index in [9.17, 15) is 0 Å². The van der Waals surface area contributed by atoms with E-state index in [4.69, 9.17) is 9.47 Å². The van der Waals surface area contributed by atoms with Crippen molar-refractivity contribution in [1.29, 1.82) is 0 Å². The number of unbranched alkanes of at least 4 members (excludes halogenated alkanes) is 6. The van der Waals surface area contributed by atoms with Crippen molar-refractivity contribution in [3.8, 4) is 11.5 Å². The fourth-order valence-electron chi connectivity index (χ4n) is 7.09. The Morgan fingerprint density at radius 3 is 1.08 bits per heavy atom. The predicted octanol–water partition coefficient (Wildman–Crippen LogP) is 11.6. The maximum Gasteiger partial charge on any atom is 0.119 e. The number of benzene rings is 1. The van der Waals surface area contributed by atoms with Gasteiger partial charge in [-0.2, -0.15) is 0 Å². The van der Waals surface area contributed by atoms with E-state index in [-0.39, 0.29) is 0 Å². The topological polar surface area (TPSA) is 18.5 Å². The quantitative estimate of drug-likeness (QED) is 0.157. The Bertz CT molecular complexity index is 608. The van der Waals surface area contributed by atoms with Crippen LogP contribution in [0.5, 0.6) is 11.5 Å². The van der Waals surface area contributed by atoms with Crippen molar-refractivity contribution >= 4 is 0 Å². The van der Waals surface area contributed by atoms with E-state index in [1.54, 1.807) is 0 Å². The minimum Gasteiger partial charge on any atom is -0.494 e. The summed E-state index contributed by atoms with van der Waals surface area (Å²) in [5, 5.41) is 0. The summed E-state index contributed by atoms with van der Waals surface area (Å²) in [6.45, 7) is 6.31. The molecule has 0 saturated heterocycles. The molecule has 2 heteroatoms. The molecule has 1 aromatic carbocycles. The first-order chi connectivity index (χ1) is 18.8. The molecule has 0 amide bonds. The molecule has 0 aromatic heterocycles. The Balaban J connectivity index is 1.16. The van der Waals surface area contributed by atoms with Crippen molar-refractivity contribution in [3.05, 3.63) is 24.3 Å². The van der Waals surface area contributed by atoms with Gasteiger partial charge in [0.15, 0.2) is 0 Å². The lowest BCUT2D eigenvalue weighted by Gasteiger charge is -2.28.